The predicted octanol–water partition coefficient (Wildman–Crippen LogP) is 2.86. The van der Waals surface area contributed by atoms with Gasteiger partial charge in [0.2, 0.25) is 0 Å². The lowest BCUT2D eigenvalue weighted by Gasteiger charge is -2.10. The summed E-state index contributed by atoms with van der Waals surface area (Å²) in [5, 5.41) is 0. The molecule has 0 saturated heterocycles. The van der Waals surface area contributed by atoms with Gasteiger partial charge in [0, 0.05) is 5.56 Å². The van der Waals surface area contributed by atoms with Crippen LogP contribution in [0.25, 0.3) is 11.3 Å². The standard InChI is InChI=1S/C14H17N3O/c1-9(2)13-14(15)16-8-12(17-13)10-5-4-6-11(7-10)18-3/h4-9H,1-3H3,(H2,15,16). The highest BCUT2D eigenvalue weighted by Crippen LogP contribution is 2.25. The first-order valence-corrected chi connectivity index (χ1v) is 5.88. The van der Waals surface area contributed by atoms with Crippen LogP contribution in [0.15, 0.2) is 30.5 Å². The number of hydrogen-bond acceptors (Lipinski definition) is 4. The minimum Gasteiger partial charge on any atom is -0.497 e. The first kappa shape index (κ1) is 12.4. The Bertz CT molecular complexity index is 552. The summed E-state index contributed by atoms with van der Waals surface area (Å²) in [6.45, 7) is 4.10. The van der Waals surface area contributed by atoms with E-state index >= 15 is 0 Å². The Hall–Kier alpha value is -2.10. The molecule has 2 rings (SSSR count). The van der Waals surface area contributed by atoms with E-state index < -0.39 is 0 Å². The Balaban J connectivity index is 2.47. The van der Waals surface area contributed by atoms with Crippen LogP contribution in [0.5, 0.6) is 5.75 Å². The number of rotatable bonds is 3. The highest BCUT2D eigenvalue weighted by Gasteiger charge is 2.10. The first-order valence-electron chi connectivity index (χ1n) is 5.88. The third-order valence-corrected chi connectivity index (χ3v) is 2.74. The fourth-order valence-corrected chi connectivity index (χ4v) is 1.76. The Morgan fingerprint density at radius 1 is 1.28 bits per heavy atom. The number of benzene rings is 1. The van der Waals surface area contributed by atoms with Gasteiger partial charge in [0.1, 0.15) is 11.6 Å². The Kier molecular flexibility index (Phi) is 3.46. The number of anilines is 1. The van der Waals surface area contributed by atoms with Crippen molar-refractivity contribution in [3.63, 3.8) is 0 Å². The Morgan fingerprint density at radius 3 is 2.72 bits per heavy atom. The molecule has 18 heavy (non-hydrogen) atoms. The third-order valence-electron chi connectivity index (χ3n) is 2.74. The van der Waals surface area contributed by atoms with Crippen LogP contribution in [0.3, 0.4) is 0 Å². The minimum absolute atomic E-state index is 0.253. The summed E-state index contributed by atoms with van der Waals surface area (Å²) in [4.78, 5) is 8.78. The fraction of sp³-hybridized carbons (Fsp3) is 0.286. The minimum atomic E-state index is 0.253. The third kappa shape index (κ3) is 2.42. The molecule has 1 aromatic heterocycles. The SMILES string of the molecule is COc1cccc(-c2cnc(N)c(C(C)C)n2)c1. The summed E-state index contributed by atoms with van der Waals surface area (Å²) in [6, 6.07) is 7.75. The van der Waals surface area contributed by atoms with Gasteiger partial charge in [-0.2, -0.15) is 0 Å². The van der Waals surface area contributed by atoms with Crippen molar-refractivity contribution in [1.29, 1.82) is 0 Å². The summed E-state index contributed by atoms with van der Waals surface area (Å²) in [5.74, 6) is 1.55. The van der Waals surface area contributed by atoms with Gasteiger partial charge < -0.3 is 10.5 Å². The van der Waals surface area contributed by atoms with Crippen LogP contribution in [0.2, 0.25) is 0 Å². The maximum absolute atomic E-state index is 5.83. The molecule has 0 amide bonds. The van der Waals surface area contributed by atoms with Crippen molar-refractivity contribution in [3.8, 4) is 17.0 Å². The van der Waals surface area contributed by atoms with Crippen molar-refractivity contribution in [2.24, 2.45) is 0 Å². The summed E-state index contributed by atoms with van der Waals surface area (Å²) < 4.78 is 5.20. The van der Waals surface area contributed by atoms with Crippen molar-refractivity contribution in [2.75, 3.05) is 12.8 Å². The lowest BCUT2D eigenvalue weighted by Crippen LogP contribution is -2.03. The van der Waals surface area contributed by atoms with Gasteiger partial charge in [0.15, 0.2) is 0 Å². The molecule has 4 nitrogen and oxygen atoms in total. The lowest BCUT2D eigenvalue weighted by atomic mass is 10.1. The van der Waals surface area contributed by atoms with Gasteiger partial charge in [-0.3, -0.25) is 0 Å². The molecule has 0 aliphatic carbocycles. The molecule has 0 bridgehead atoms. The quantitative estimate of drug-likeness (QED) is 0.900. The largest absolute Gasteiger partial charge is 0.497 e. The van der Waals surface area contributed by atoms with Gasteiger partial charge in [0.25, 0.3) is 0 Å². The molecule has 0 radical (unpaired) electrons. The van der Waals surface area contributed by atoms with E-state index in [0.29, 0.717) is 5.82 Å². The number of methoxy groups -OCH3 is 1. The molecule has 0 unspecified atom stereocenters. The monoisotopic (exact) mass is 243 g/mol. The summed E-state index contributed by atoms with van der Waals surface area (Å²) >= 11 is 0. The van der Waals surface area contributed by atoms with Gasteiger partial charge in [-0.05, 0) is 18.1 Å². The smallest absolute Gasteiger partial charge is 0.145 e. The zero-order chi connectivity index (χ0) is 13.1. The number of hydrogen-bond donors (Lipinski definition) is 1. The van der Waals surface area contributed by atoms with E-state index in [9.17, 15) is 0 Å². The molecule has 1 heterocycles. The molecular formula is C14H17N3O. The van der Waals surface area contributed by atoms with E-state index in [1.54, 1.807) is 13.3 Å². The highest BCUT2D eigenvalue weighted by atomic mass is 16.5. The molecule has 0 spiro atoms. The molecule has 0 saturated carbocycles. The number of ether oxygens (including phenoxy) is 1. The second kappa shape index (κ2) is 5.04. The van der Waals surface area contributed by atoms with Crippen LogP contribution in [-0.2, 0) is 0 Å². The zero-order valence-corrected chi connectivity index (χ0v) is 10.8. The van der Waals surface area contributed by atoms with Gasteiger partial charge in [-0.1, -0.05) is 26.0 Å². The van der Waals surface area contributed by atoms with Crippen LogP contribution in [-0.4, -0.2) is 17.1 Å². The van der Waals surface area contributed by atoms with E-state index in [2.05, 4.69) is 23.8 Å². The maximum Gasteiger partial charge on any atom is 0.145 e. The number of aromatic nitrogens is 2. The van der Waals surface area contributed by atoms with Crippen molar-refractivity contribution in [2.45, 2.75) is 19.8 Å². The van der Waals surface area contributed by atoms with Crippen molar-refractivity contribution < 1.29 is 4.74 Å². The van der Waals surface area contributed by atoms with Gasteiger partial charge in [-0.15, -0.1) is 0 Å². The van der Waals surface area contributed by atoms with E-state index in [0.717, 1.165) is 22.7 Å². The Labute approximate surface area is 107 Å². The Morgan fingerprint density at radius 2 is 2.06 bits per heavy atom. The topological polar surface area (TPSA) is 61.0 Å². The average Bonchev–Trinajstić information content (AvgIpc) is 2.39. The summed E-state index contributed by atoms with van der Waals surface area (Å²) in [7, 11) is 1.65. The van der Waals surface area contributed by atoms with Crippen molar-refractivity contribution in [1.82, 2.24) is 9.97 Å². The van der Waals surface area contributed by atoms with E-state index in [4.69, 9.17) is 10.5 Å². The number of nitrogens with zero attached hydrogens (tertiary/aromatic N) is 2. The van der Waals surface area contributed by atoms with Crippen LogP contribution < -0.4 is 10.5 Å². The van der Waals surface area contributed by atoms with Crippen LogP contribution in [0.1, 0.15) is 25.5 Å². The van der Waals surface area contributed by atoms with Gasteiger partial charge in [0.05, 0.1) is 24.7 Å². The molecular weight excluding hydrogens is 226 g/mol. The molecule has 0 fully saturated rings. The molecule has 0 aliphatic rings. The zero-order valence-electron chi connectivity index (χ0n) is 10.8. The summed E-state index contributed by atoms with van der Waals surface area (Å²) in [5.41, 5.74) is 8.44. The summed E-state index contributed by atoms with van der Waals surface area (Å²) in [6.07, 6.45) is 1.69. The van der Waals surface area contributed by atoms with E-state index in [-0.39, 0.29) is 5.92 Å². The van der Waals surface area contributed by atoms with Crippen LogP contribution >= 0.6 is 0 Å². The molecule has 4 heteroatoms. The maximum atomic E-state index is 5.83. The molecule has 0 aliphatic heterocycles. The number of nitrogens with two attached hydrogens (primary N) is 1. The second-order valence-corrected chi connectivity index (χ2v) is 4.41. The van der Waals surface area contributed by atoms with Crippen molar-refractivity contribution >= 4 is 5.82 Å². The van der Waals surface area contributed by atoms with Crippen LogP contribution in [0, 0.1) is 0 Å². The average molecular weight is 243 g/mol. The lowest BCUT2D eigenvalue weighted by molar-refractivity contribution is 0.415. The van der Waals surface area contributed by atoms with E-state index in [1.807, 2.05) is 24.3 Å². The van der Waals surface area contributed by atoms with Crippen LogP contribution in [0.4, 0.5) is 5.82 Å². The molecule has 2 N–H and O–H groups in total. The molecule has 1 aromatic carbocycles. The van der Waals surface area contributed by atoms with Crippen molar-refractivity contribution in [3.05, 3.63) is 36.2 Å². The molecule has 94 valence electrons. The van der Waals surface area contributed by atoms with E-state index in [1.165, 1.54) is 0 Å². The first-order chi connectivity index (χ1) is 8.61. The second-order valence-electron chi connectivity index (χ2n) is 4.41. The predicted molar refractivity (Wildman–Crippen MR) is 72.5 cm³/mol. The number of nitrogen functional groups attached to an aromatic ring is 1. The normalized spacial score (nSPS) is 10.7. The fourth-order valence-electron chi connectivity index (χ4n) is 1.76. The highest BCUT2D eigenvalue weighted by molar-refractivity contribution is 5.61. The molecule has 0 atom stereocenters. The van der Waals surface area contributed by atoms with Gasteiger partial charge in [-0.25, -0.2) is 9.97 Å². The molecule has 2 aromatic rings. The van der Waals surface area contributed by atoms with Gasteiger partial charge >= 0.3 is 0 Å².